The molecule has 0 heterocycles. The van der Waals surface area contributed by atoms with Crippen molar-refractivity contribution in [1.29, 1.82) is 0 Å². The first-order valence-corrected chi connectivity index (χ1v) is 7.57. The van der Waals surface area contributed by atoms with Crippen LogP contribution in [0.5, 0.6) is 0 Å². The van der Waals surface area contributed by atoms with E-state index in [1.807, 2.05) is 13.8 Å². The number of aryl methyl sites for hydroxylation is 3. The number of esters is 1. The number of nitrogens with zero attached hydrogens (tertiary/aromatic N) is 1. The van der Waals surface area contributed by atoms with Gasteiger partial charge in [-0.25, -0.2) is 4.79 Å². The Labute approximate surface area is 144 Å². The Bertz CT molecular complexity index is 845. The maximum Gasteiger partial charge on any atom is 0.338 e. The monoisotopic (exact) mass is 342 g/mol. The topological polar surface area (TPSA) is 98.5 Å². The third-order valence-electron chi connectivity index (χ3n) is 3.77. The molecule has 0 aliphatic heterocycles. The van der Waals surface area contributed by atoms with Gasteiger partial charge in [0.25, 0.3) is 11.6 Å². The van der Waals surface area contributed by atoms with Crippen LogP contribution in [-0.4, -0.2) is 23.4 Å². The summed E-state index contributed by atoms with van der Waals surface area (Å²) in [6, 6.07) is 9.47. The van der Waals surface area contributed by atoms with Gasteiger partial charge in [-0.2, -0.15) is 0 Å². The van der Waals surface area contributed by atoms with Crippen molar-refractivity contribution < 1.29 is 19.2 Å². The molecule has 1 amide bonds. The lowest BCUT2D eigenvalue weighted by Crippen LogP contribution is -2.21. The number of anilines is 1. The molecule has 0 unspecified atom stereocenters. The summed E-state index contributed by atoms with van der Waals surface area (Å²) in [7, 11) is 0. The van der Waals surface area contributed by atoms with E-state index in [0.29, 0.717) is 11.1 Å². The first-order chi connectivity index (χ1) is 11.8. The van der Waals surface area contributed by atoms with E-state index in [4.69, 9.17) is 4.74 Å². The highest BCUT2D eigenvalue weighted by Gasteiger charge is 2.14. The summed E-state index contributed by atoms with van der Waals surface area (Å²) in [5, 5.41) is 13.4. The number of carbonyl (C=O) groups excluding carboxylic acids is 2. The average Bonchev–Trinajstić information content (AvgIpc) is 2.56. The summed E-state index contributed by atoms with van der Waals surface area (Å²) < 4.78 is 4.97. The molecule has 2 rings (SSSR count). The van der Waals surface area contributed by atoms with Crippen LogP contribution in [0.25, 0.3) is 0 Å². The number of hydrogen-bond acceptors (Lipinski definition) is 5. The Morgan fingerprint density at radius 3 is 2.36 bits per heavy atom. The number of benzene rings is 2. The molecule has 0 atom stereocenters. The standard InChI is InChI=1S/C18H18N2O5/c1-11-4-6-14(8-13(11)3)18(22)25-10-17(21)19-15-7-5-12(2)16(9-15)20(23)24/h4-9H,10H2,1-3H3,(H,19,21). The number of nitro groups is 1. The van der Waals surface area contributed by atoms with E-state index < -0.39 is 23.4 Å². The van der Waals surface area contributed by atoms with E-state index >= 15 is 0 Å². The molecule has 0 aliphatic carbocycles. The predicted octanol–water partition coefficient (Wildman–Crippen LogP) is 3.32. The van der Waals surface area contributed by atoms with Crippen molar-refractivity contribution >= 4 is 23.3 Å². The zero-order chi connectivity index (χ0) is 18.6. The molecule has 0 spiro atoms. The van der Waals surface area contributed by atoms with Gasteiger partial charge in [0.2, 0.25) is 0 Å². The van der Waals surface area contributed by atoms with Gasteiger partial charge in [0.05, 0.1) is 10.5 Å². The smallest absolute Gasteiger partial charge is 0.338 e. The summed E-state index contributed by atoms with van der Waals surface area (Å²) >= 11 is 0. The quantitative estimate of drug-likeness (QED) is 0.510. The van der Waals surface area contributed by atoms with Crippen LogP contribution in [0.1, 0.15) is 27.0 Å². The molecular formula is C18H18N2O5. The maximum atomic E-state index is 12.0. The third-order valence-corrected chi connectivity index (χ3v) is 3.77. The molecule has 2 aromatic rings. The van der Waals surface area contributed by atoms with Gasteiger partial charge in [0.15, 0.2) is 6.61 Å². The van der Waals surface area contributed by atoms with Gasteiger partial charge < -0.3 is 10.1 Å². The van der Waals surface area contributed by atoms with E-state index in [0.717, 1.165) is 11.1 Å². The Morgan fingerprint density at radius 1 is 1.04 bits per heavy atom. The van der Waals surface area contributed by atoms with Crippen LogP contribution in [-0.2, 0) is 9.53 Å². The van der Waals surface area contributed by atoms with Gasteiger partial charge in [-0.15, -0.1) is 0 Å². The summed E-state index contributed by atoms with van der Waals surface area (Å²) in [6.45, 7) is 4.93. The molecule has 0 saturated heterocycles. The summed E-state index contributed by atoms with van der Waals surface area (Å²) in [5.41, 5.74) is 3.03. The Morgan fingerprint density at radius 2 is 1.72 bits per heavy atom. The fourth-order valence-corrected chi connectivity index (χ4v) is 2.16. The number of rotatable bonds is 5. The number of carbonyl (C=O) groups is 2. The minimum Gasteiger partial charge on any atom is -0.452 e. The van der Waals surface area contributed by atoms with Crippen LogP contribution in [0.3, 0.4) is 0 Å². The molecule has 0 fully saturated rings. The molecule has 25 heavy (non-hydrogen) atoms. The molecule has 0 aliphatic rings. The normalized spacial score (nSPS) is 10.2. The fourth-order valence-electron chi connectivity index (χ4n) is 2.16. The highest BCUT2D eigenvalue weighted by Crippen LogP contribution is 2.22. The highest BCUT2D eigenvalue weighted by atomic mass is 16.6. The zero-order valence-electron chi connectivity index (χ0n) is 14.2. The van der Waals surface area contributed by atoms with Crippen LogP contribution in [0.15, 0.2) is 36.4 Å². The molecule has 7 nitrogen and oxygen atoms in total. The lowest BCUT2D eigenvalue weighted by atomic mass is 10.1. The second-order valence-corrected chi connectivity index (χ2v) is 5.68. The Kier molecular flexibility index (Phi) is 5.49. The molecule has 0 aromatic heterocycles. The highest BCUT2D eigenvalue weighted by molar-refractivity contribution is 5.95. The lowest BCUT2D eigenvalue weighted by molar-refractivity contribution is -0.385. The van der Waals surface area contributed by atoms with Crippen molar-refractivity contribution in [3.8, 4) is 0 Å². The van der Waals surface area contributed by atoms with Gasteiger partial charge in [-0.3, -0.25) is 14.9 Å². The van der Waals surface area contributed by atoms with Gasteiger partial charge >= 0.3 is 5.97 Å². The SMILES string of the molecule is Cc1ccc(C(=O)OCC(=O)Nc2ccc(C)c([N+](=O)[O-])c2)cc1C. The van der Waals surface area contributed by atoms with Gasteiger partial charge in [-0.05, 0) is 50.1 Å². The van der Waals surface area contributed by atoms with Crippen molar-refractivity contribution in [1.82, 2.24) is 0 Å². The molecular weight excluding hydrogens is 324 g/mol. The van der Waals surface area contributed by atoms with Crippen LogP contribution in [0.4, 0.5) is 11.4 Å². The average molecular weight is 342 g/mol. The molecule has 0 saturated carbocycles. The van der Waals surface area contributed by atoms with Crippen LogP contribution in [0.2, 0.25) is 0 Å². The Hall–Kier alpha value is -3.22. The van der Waals surface area contributed by atoms with Crippen molar-refractivity contribution in [3.63, 3.8) is 0 Å². The van der Waals surface area contributed by atoms with E-state index in [1.165, 1.54) is 12.1 Å². The first-order valence-electron chi connectivity index (χ1n) is 7.57. The Balaban J connectivity index is 1.96. The molecule has 1 N–H and O–H groups in total. The fraction of sp³-hybridized carbons (Fsp3) is 0.222. The lowest BCUT2D eigenvalue weighted by Gasteiger charge is -2.08. The summed E-state index contributed by atoms with van der Waals surface area (Å²) in [5.74, 6) is -1.18. The van der Waals surface area contributed by atoms with Gasteiger partial charge in [-0.1, -0.05) is 12.1 Å². The summed E-state index contributed by atoms with van der Waals surface area (Å²) in [6.07, 6.45) is 0. The number of amides is 1. The number of ether oxygens (including phenoxy) is 1. The predicted molar refractivity (Wildman–Crippen MR) is 92.7 cm³/mol. The first kappa shape index (κ1) is 18.1. The maximum absolute atomic E-state index is 12.0. The molecule has 0 bridgehead atoms. The van der Waals surface area contributed by atoms with Gasteiger partial charge in [0, 0.05) is 17.3 Å². The molecule has 2 aromatic carbocycles. The second kappa shape index (κ2) is 7.57. The van der Waals surface area contributed by atoms with E-state index in [-0.39, 0.29) is 11.4 Å². The van der Waals surface area contributed by atoms with Crippen molar-refractivity contribution in [2.45, 2.75) is 20.8 Å². The van der Waals surface area contributed by atoms with E-state index in [2.05, 4.69) is 5.32 Å². The van der Waals surface area contributed by atoms with Crippen molar-refractivity contribution in [2.75, 3.05) is 11.9 Å². The molecule has 130 valence electrons. The van der Waals surface area contributed by atoms with E-state index in [1.54, 1.807) is 31.2 Å². The van der Waals surface area contributed by atoms with Crippen molar-refractivity contribution in [3.05, 3.63) is 68.8 Å². The summed E-state index contributed by atoms with van der Waals surface area (Å²) in [4.78, 5) is 34.2. The number of nitro benzene ring substituents is 1. The van der Waals surface area contributed by atoms with Crippen molar-refractivity contribution in [2.24, 2.45) is 0 Å². The zero-order valence-corrected chi connectivity index (χ0v) is 14.2. The molecule has 0 radical (unpaired) electrons. The minimum absolute atomic E-state index is 0.0927. The van der Waals surface area contributed by atoms with Crippen LogP contribution in [0, 0.1) is 30.9 Å². The number of hydrogen-bond donors (Lipinski definition) is 1. The van der Waals surface area contributed by atoms with Crippen LogP contribution >= 0.6 is 0 Å². The third kappa shape index (κ3) is 4.63. The number of nitrogens with one attached hydrogen (secondary N) is 1. The largest absolute Gasteiger partial charge is 0.452 e. The van der Waals surface area contributed by atoms with E-state index in [9.17, 15) is 19.7 Å². The molecule has 7 heteroatoms. The van der Waals surface area contributed by atoms with Gasteiger partial charge in [0.1, 0.15) is 0 Å². The second-order valence-electron chi connectivity index (χ2n) is 5.68. The minimum atomic E-state index is -0.604. The van der Waals surface area contributed by atoms with Crippen LogP contribution < -0.4 is 5.32 Å².